The molecule has 1 aromatic rings. The van der Waals surface area contributed by atoms with Crippen LogP contribution in [0.1, 0.15) is 12.5 Å². The van der Waals surface area contributed by atoms with Gasteiger partial charge in [0.15, 0.2) is 0 Å². The largest absolute Gasteiger partial charge is 0.376 e. The van der Waals surface area contributed by atoms with Gasteiger partial charge in [-0.3, -0.25) is 0 Å². The number of nitriles is 1. The number of rotatable bonds is 3. The maximum Gasteiger partial charge on any atom is 0.258 e. The van der Waals surface area contributed by atoms with Crippen LogP contribution in [0.15, 0.2) is 24.3 Å². The summed E-state index contributed by atoms with van der Waals surface area (Å²) in [5.74, 6) is 0. The Hall–Kier alpha value is -1.63. The fraction of sp³-hybridized carbons (Fsp3) is 0.300. The van der Waals surface area contributed by atoms with E-state index in [4.69, 9.17) is 5.26 Å². The molecule has 1 rings (SSSR count). The summed E-state index contributed by atoms with van der Waals surface area (Å²) in [6, 6.07) is 7.56. The highest BCUT2D eigenvalue weighted by Crippen LogP contribution is 2.16. The van der Waals surface area contributed by atoms with E-state index in [1.165, 1.54) is 6.92 Å². The number of para-hydroxylation sites is 1. The third-order valence-electron chi connectivity index (χ3n) is 1.81. The molecule has 4 heteroatoms. The summed E-state index contributed by atoms with van der Waals surface area (Å²) in [6.45, 7) is 1.37. The van der Waals surface area contributed by atoms with Crippen molar-refractivity contribution in [1.29, 1.82) is 5.26 Å². The minimum Gasteiger partial charge on any atom is -0.376 e. The van der Waals surface area contributed by atoms with Gasteiger partial charge >= 0.3 is 0 Å². The average Bonchev–Trinajstić information content (AvgIpc) is 2.18. The maximum atomic E-state index is 12.2. The second-order valence-corrected chi connectivity index (χ2v) is 2.92. The fourth-order valence-corrected chi connectivity index (χ4v) is 1.01. The first-order valence-corrected chi connectivity index (χ1v) is 4.19. The average molecular weight is 196 g/mol. The Kier molecular flexibility index (Phi) is 3.41. The van der Waals surface area contributed by atoms with Gasteiger partial charge in [-0.15, -0.1) is 0 Å². The van der Waals surface area contributed by atoms with E-state index in [9.17, 15) is 8.78 Å². The standard InChI is InChI=1S/C10H10F2N2/c1-7(10(11)12)14-9-5-3-2-4-8(9)6-13/h2-5,7,10,14H,1H3. The smallest absolute Gasteiger partial charge is 0.258 e. The summed E-state index contributed by atoms with van der Waals surface area (Å²) in [5.41, 5.74) is 0.822. The van der Waals surface area contributed by atoms with Crippen molar-refractivity contribution in [3.8, 4) is 6.07 Å². The van der Waals surface area contributed by atoms with Gasteiger partial charge in [0.05, 0.1) is 17.3 Å². The lowest BCUT2D eigenvalue weighted by atomic mass is 10.2. The van der Waals surface area contributed by atoms with Crippen molar-refractivity contribution in [1.82, 2.24) is 0 Å². The molecule has 0 amide bonds. The SMILES string of the molecule is CC(Nc1ccccc1C#N)C(F)F. The zero-order valence-corrected chi connectivity index (χ0v) is 7.67. The Balaban J connectivity index is 2.82. The van der Waals surface area contributed by atoms with Crippen LogP contribution in [0.3, 0.4) is 0 Å². The highest BCUT2D eigenvalue weighted by molar-refractivity contribution is 5.57. The van der Waals surface area contributed by atoms with Crippen molar-refractivity contribution in [3.05, 3.63) is 29.8 Å². The first kappa shape index (κ1) is 10.5. The topological polar surface area (TPSA) is 35.8 Å². The molecule has 1 N–H and O–H groups in total. The van der Waals surface area contributed by atoms with Crippen LogP contribution in [0.25, 0.3) is 0 Å². The van der Waals surface area contributed by atoms with Gasteiger partial charge in [0, 0.05) is 0 Å². The van der Waals surface area contributed by atoms with Gasteiger partial charge in [0.1, 0.15) is 6.07 Å². The van der Waals surface area contributed by atoms with Crippen LogP contribution in [0.5, 0.6) is 0 Å². The number of hydrogen-bond acceptors (Lipinski definition) is 2. The van der Waals surface area contributed by atoms with E-state index in [1.54, 1.807) is 24.3 Å². The maximum absolute atomic E-state index is 12.2. The molecule has 0 radical (unpaired) electrons. The van der Waals surface area contributed by atoms with Crippen LogP contribution < -0.4 is 5.32 Å². The molecule has 14 heavy (non-hydrogen) atoms. The van der Waals surface area contributed by atoms with Crippen LogP contribution in [0.2, 0.25) is 0 Å². The number of alkyl halides is 2. The lowest BCUT2D eigenvalue weighted by Crippen LogP contribution is -2.24. The van der Waals surface area contributed by atoms with E-state index in [0.29, 0.717) is 11.3 Å². The molecule has 0 aliphatic rings. The Labute approximate surface area is 81.2 Å². The van der Waals surface area contributed by atoms with Crippen molar-refractivity contribution in [2.45, 2.75) is 19.4 Å². The Morgan fingerprint density at radius 3 is 2.57 bits per heavy atom. The van der Waals surface area contributed by atoms with Crippen LogP contribution in [0.4, 0.5) is 14.5 Å². The van der Waals surface area contributed by atoms with Gasteiger partial charge < -0.3 is 5.32 Å². The zero-order chi connectivity index (χ0) is 10.6. The molecule has 2 nitrogen and oxygen atoms in total. The summed E-state index contributed by atoms with van der Waals surface area (Å²) in [6.07, 6.45) is -2.44. The van der Waals surface area contributed by atoms with E-state index in [1.807, 2.05) is 6.07 Å². The van der Waals surface area contributed by atoms with Crippen LogP contribution in [-0.2, 0) is 0 Å². The summed E-state index contributed by atoms with van der Waals surface area (Å²) >= 11 is 0. The van der Waals surface area contributed by atoms with E-state index in [2.05, 4.69) is 5.32 Å². The lowest BCUT2D eigenvalue weighted by molar-refractivity contribution is 0.130. The quantitative estimate of drug-likeness (QED) is 0.806. The molecule has 74 valence electrons. The molecular weight excluding hydrogens is 186 g/mol. The van der Waals surface area contributed by atoms with Gasteiger partial charge in [0.2, 0.25) is 0 Å². The molecule has 0 aliphatic heterocycles. The molecule has 0 saturated heterocycles. The molecule has 1 unspecified atom stereocenters. The predicted molar refractivity (Wildman–Crippen MR) is 50.2 cm³/mol. The highest BCUT2D eigenvalue weighted by atomic mass is 19.3. The molecule has 1 atom stereocenters. The van der Waals surface area contributed by atoms with Crippen LogP contribution in [-0.4, -0.2) is 12.5 Å². The molecule has 0 bridgehead atoms. The van der Waals surface area contributed by atoms with Crippen molar-refractivity contribution in [3.63, 3.8) is 0 Å². The van der Waals surface area contributed by atoms with Crippen molar-refractivity contribution >= 4 is 5.69 Å². The molecule has 1 aromatic carbocycles. The van der Waals surface area contributed by atoms with E-state index >= 15 is 0 Å². The van der Waals surface area contributed by atoms with Crippen molar-refractivity contribution in [2.75, 3.05) is 5.32 Å². The summed E-state index contributed by atoms with van der Waals surface area (Å²) in [7, 11) is 0. The number of benzene rings is 1. The second kappa shape index (κ2) is 4.56. The summed E-state index contributed by atoms with van der Waals surface area (Å²) < 4.78 is 24.4. The van der Waals surface area contributed by atoms with Gasteiger partial charge in [-0.05, 0) is 19.1 Å². The van der Waals surface area contributed by atoms with Gasteiger partial charge in [-0.25, -0.2) is 8.78 Å². The van der Waals surface area contributed by atoms with Gasteiger partial charge in [-0.2, -0.15) is 5.26 Å². The second-order valence-electron chi connectivity index (χ2n) is 2.92. The van der Waals surface area contributed by atoms with Gasteiger partial charge in [-0.1, -0.05) is 12.1 Å². The number of nitrogens with one attached hydrogen (secondary N) is 1. The summed E-state index contributed by atoms with van der Waals surface area (Å²) in [5, 5.41) is 11.3. The minimum absolute atomic E-state index is 0.375. The van der Waals surface area contributed by atoms with E-state index in [-0.39, 0.29) is 0 Å². The normalized spacial score (nSPS) is 12.2. The zero-order valence-electron chi connectivity index (χ0n) is 7.67. The van der Waals surface area contributed by atoms with Gasteiger partial charge in [0.25, 0.3) is 6.43 Å². The van der Waals surface area contributed by atoms with Crippen LogP contribution >= 0.6 is 0 Å². The highest BCUT2D eigenvalue weighted by Gasteiger charge is 2.14. The summed E-state index contributed by atoms with van der Waals surface area (Å²) in [4.78, 5) is 0. The fourth-order valence-electron chi connectivity index (χ4n) is 1.01. The van der Waals surface area contributed by atoms with Crippen molar-refractivity contribution in [2.24, 2.45) is 0 Å². The molecule has 0 saturated carbocycles. The Morgan fingerprint density at radius 2 is 2.00 bits per heavy atom. The minimum atomic E-state index is -2.44. The molecule has 0 heterocycles. The number of halogens is 2. The number of anilines is 1. The van der Waals surface area contributed by atoms with Crippen molar-refractivity contribution < 1.29 is 8.78 Å². The number of hydrogen-bond donors (Lipinski definition) is 1. The third-order valence-corrected chi connectivity index (χ3v) is 1.81. The Bertz CT molecular complexity index is 344. The first-order valence-electron chi connectivity index (χ1n) is 4.19. The van der Waals surface area contributed by atoms with E-state index < -0.39 is 12.5 Å². The Morgan fingerprint density at radius 1 is 1.36 bits per heavy atom. The molecule has 0 spiro atoms. The van der Waals surface area contributed by atoms with E-state index in [0.717, 1.165) is 0 Å². The lowest BCUT2D eigenvalue weighted by Gasteiger charge is -2.14. The first-order chi connectivity index (χ1) is 6.65. The molecular formula is C10H10F2N2. The molecule has 0 aromatic heterocycles. The predicted octanol–water partition coefficient (Wildman–Crippen LogP) is 2.62. The third kappa shape index (κ3) is 2.43. The number of nitrogens with zero attached hydrogens (tertiary/aromatic N) is 1. The monoisotopic (exact) mass is 196 g/mol. The molecule has 0 aliphatic carbocycles. The van der Waals surface area contributed by atoms with Crippen LogP contribution in [0, 0.1) is 11.3 Å². The molecule has 0 fully saturated rings.